The minimum Gasteiger partial charge on any atom is -0.327 e. The lowest BCUT2D eigenvalue weighted by Crippen LogP contribution is -2.25. The predicted molar refractivity (Wildman–Crippen MR) is 73.3 cm³/mol. The summed E-state index contributed by atoms with van der Waals surface area (Å²) in [4.78, 5) is 0. The smallest absolute Gasteiger partial charge is 0.0406 e. The van der Waals surface area contributed by atoms with Gasteiger partial charge in [-0.25, -0.2) is 0 Å². The van der Waals surface area contributed by atoms with Gasteiger partial charge in [0.2, 0.25) is 0 Å². The van der Waals surface area contributed by atoms with E-state index in [2.05, 4.69) is 12.1 Å². The minimum atomic E-state index is 0.151. The van der Waals surface area contributed by atoms with Gasteiger partial charge in [0, 0.05) is 11.1 Å². The summed E-state index contributed by atoms with van der Waals surface area (Å²) in [5.41, 5.74) is 8.66. The fraction of sp³-hybridized carbons (Fsp3) is 0.200. The van der Waals surface area contributed by atoms with Gasteiger partial charge in [-0.15, -0.1) is 0 Å². The average molecular weight is 246 g/mol. The minimum absolute atomic E-state index is 0.151. The van der Waals surface area contributed by atoms with Crippen molar-refractivity contribution < 1.29 is 0 Å². The van der Waals surface area contributed by atoms with Crippen molar-refractivity contribution in [3.8, 4) is 0 Å². The summed E-state index contributed by atoms with van der Waals surface area (Å²) in [6, 6.07) is 18.4. The highest BCUT2D eigenvalue weighted by molar-refractivity contribution is 6.30. The van der Waals surface area contributed by atoms with Crippen molar-refractivity contribution in [2.24, 2.45) is 5.73 Å². The van der Waals surface area contributed by atoms with Crippen molar-refractivity contribution in [3.63, 3.8) is 0 Å². The second-order valence-electron chi connectivity index (χ2n) is 4.28. The first-order chi connectivity index (χ1) is 8.24. The van der Waals surface area contributed by atoms with Gasteiger partial charge in [-0.3, -0.25) is 0 Å². The maximum atomic E-state index is 6.14. The first-order valence-electron chi connectivity index (χ1n) is 5.78. The van der Waals surface area contributed by atoms with E-state index < -0.39 is 0 Å². The highest BCUT2D eigenvalue weighted by atomic mass is 35.5. The van der Waals surface area contributed by atoms with E-state index in [1.54, 1.807) is 0 Å². The molecule has 88 valence electrons. The highest BCUT2D eigenvalue weighted by Crippen LogP contribution is 2.12. The summed E-state index contributed by atoms with van der Waals surface area (Å²) >= 11 is 5.85. The van der Waals surface area contributed by atoms with Crippen LogP contribution in [0.15, 0.2) is 54.6 Å². The SMILES string of the molecule is NC(Cc1ccccc1)Cc1ccc(Cl)cc1. The molecule has 1 nitrogen and oxygen atoms in total. The van der Waals surface area contributed by atoms with Crippen LogP contribution in [0.25, 0.3) is 0 Å². The van der Waals surface area contributed by atoms with E-state index in [0.717, 1.165) is 17.9 Å². The Kier molecular flexibility index (Phi) is 4.18. The third-order valence-corrected chi connectivity index (χ3v) is 3.00. The number of rotatable bonds is 4. The average Bonchev–Trinajstić information content (AvgIpc) is 2.33. The van der Waals surface area contributed by atoms with Gasteiger partial charge in [0.25, 0.3) is 0 Å². The fourth-order valence-corrected chi connectivity index (χ4v) is 2.04. The first kappa shape index (κ1) is 12.2. The Bertz CT molecular complexity index is 450. The molecule has 2 heteroatoms. The molecular formula is C15H16ClN. The molecule has 0 spiro atoms. The van der Waals surface area contributed by atoms with Gasteiger partial charge in [0.1, 0.15) is 0 Å². The Morgan fingerprint density at radius 2 is 1.35 bits per heavy atom. The number of hydrogen-bond donors (Lipinski definition) is 1. The summed E-state index contributed by atoms with van der Waals surface area (Å²) in [7, 11) is 0. The third-order valence-electron chi connectivity index (χ3n) is 2.75. The Balaban J connectivity index is 1.93. The molecule has 0 amide bonds. The molecule has 0 fully saturated rings. The Hall–Kier alpha value is -1.31. The van der Waals surface area contributed by atoms with E-state index >= 15 is 0 Å². The second kappa shape index (κ2) is 5.85. The van der Waals surface area contributed by atoms with Gasteiger partial charge in [-0.05, 0) is 36.1 Å². The van der Waals surface area contributed by atoms with E-state index in [4.69, 9.17) is 17.3 Å². The molecule has 2 aromatic rings. The number of halogens is 1. The van der Waals surface area contributed by atoms with Crippen molar-refractivity contribution in [1.82, 2.24) is 0 Å². The van der Waals surface area contributed by atoms with Crippen molar-refractivity contribution in [1.29, 1.82) is 0 Å². The Morgan fingerprint density at radius 3 is 1.94 bits per heavy atom. The van der Waals surface area contributed by atoms with E-state index in [1.807, 2.05) is 42.5 Å². The molecule has 0 aliphatic rings. The molecule has 2 N–H and O–H groups in total. The topological polar surface area (TPSA) is 26.0 Å². The van der Waals surface area contributed by atoms with Gasteiger partial charge in [0.05, 0.1) is 0 Å². The first-order valence-corrected chi connectivity index (χ1v) is 6.16. The summed E-state index contributed by atoms with van der Waals surface area (Å²) in [6.07, 6.45) is 1.79. The predicted octanol–water partition coefficient (Wildman–Crippen LogP) is 3.45. The highest BCUT2D eigenvalue weighted by Gasteiger charge is 2.05. The lowest BCUT2D eigenvalue weighted by molar-refractivity contribution is 0.665. The molecule has 0 aliphatic heterocycles. The summed E-state index contributed by atoms with van der Waals surface area (Å²) in [6.45, 7) is 0. The van der Waals surface area contributed by atoms with Crippen LogP contribution in [0.5, 0.6) is 0 Å². The number of benzene rings is 2. The third kappa shape index (κ3) is 3.88. The second-order valence-corrected chi connectivity index (χ2v) is 4.72. The van der Waals surface area contributed by atoms with Crippen LogP contribution >= 0.6 is 11.6 Å². The standard InChI is InChI=1S/C15H16ClN/c16-14-8-6-13(7-9-14)11-15(17)10-12-4-2-1-3-5-12/h1-9,15H,10-11,17H2. The molecule has 0 heterocycles. The molecule has 1 atom stereocenters. The van der Waals surface area contributed by atoms with Crippen molar-refractivity contribution >= 4 is 11.6 Å². The lowest BCUT2D eigenvalue weighted by atomic mass is 10.00. The molecule has 0 aromatic heterocycles. The van der Waals surface area contributed by atoms with Gasteiger partial charge in [-0.2, -0.15) is 0 Å². The van der Waals surface area contributed by atoms with Crippen LogP contribution in [0, 0.1) is 0 Å². The lowest BCUT2D eigenvalue weighted by Gasteiger charge is -2.11. The zero-order valence-corrected chi connectivity index (χ0v) is 10.4. The molecule has 2 rings (SSSR count). The molecule has 0 radical (unpaired) electrons. The van der Waals surface area contributed by atoms with Crippen LogP contribution in [0.2, 0.25) is 5.02 Å². The number of nitrogens with two attached hydrogens (primary N) is 1. The Labute approximate surface area is 107 Å². The van der Waals surface area contributed by atoms with Crippen LogP contribution < -0.4 is 5.73 Å². The number of hydrogen-bond acceptors (Lipinski definition) is 1. The Morgan fingerprint density at radius 1 is 0.824 bits per heavy atom. The van der Waals surface area contributed by atoms with Gasteiger partial charge in [0.15, 0.2) is 0 Å². The summed E-state index contributed by atoms with van der Waals surface area (Å²) in [5.74, 6) is 0. The molecule has 0 bridgehead atoms. The maximum Gasteiger partial charge on any atom is 0.0406 e. The van der Waals surface area contributed by atoms with Crippen molar-refractivity contribution in [2.75, 3.05) is 0 Å². The fourth-order valence-electron chi connectivity index (χ4n) is 1.91. The van der Waals surface area contributed by atoms with Crippen LogP contribution in [0.4, 0.5) is 0 Å². The van der Waals surface area contributed by atoms with E-state index in [9.17, 15) is 0 Å². The maximum absolute atomic E-state index is 6.14. The van der Waals surface area contributed by atoms with E-state index in [0.29, 0.717) is 0 Å². The summed E-state index contributed by atoms with van der Waals surface area (Å²) in [5, 5.41) is 0.769. The molecule has 17 heavy (non-hydrogen) atoms. The van der Waals surface area contributed by atoms with Gasteiger partial charge >= 0.3 is 0 Å². The molecule has 0 saturated carbocycles. The molecule has 0 saturated heterocycles. The van der Waals surface area contributed by atoms with Crippen LogP contribution in [-0.4, -0.2) is 6.04 Å². The largest absolute Gasteiger partial charge is 0.327 e. The zero-order chi connectivity index (χ0) is 12.1. The monoisotopic (exact) mass is 245 g/mol. The normalized spacial score (nSPS) is 12.4. The summed E-state index contributed by atoms with van der Waals surface area (Å²) < 4.78 is 0. The van der Waals surface area contributed by atoms with Gasteiger partial charge < -0.3 is 5.73 Å². The van der Waals surface area contributed by atoms with Gasteiger partial charge in [-0.1, -0.05) is 54.1 Å². The van der Waals surface area contributed by atoms with Crippen molar-refractivity contribution in [2.45, 2.75) is 18.9 Å². The van der Waals surface area contributed by atoms with Crippen LogP contribution in [0.1, 0.15) is 11.1 Å². The quantitative estimate of drug-likeness (QED) is 0.877. The molecule has 1 unspecified atom stereocenters. The van der Waals surface area contributed by atoms with Crippen LogP contribution in [0.3, 0.4) is 0 Å². The van der Waals surface area contributed by atoms with E-state index in [1.165, 1.54) is 11.1 Å². The molecular weight excluding hydrogens is 230 g/mol. The van der Waals surface area contributed by atoms with E-state index in [-0.39, 0.29) is 6.04 Å². The zero-order valence-electron chi connectivity index (χ0n) is 9.64. The molecule has 0 aliphatic carbocycles. The van der Waals surface area contributed by atoms with Crippen LogP contribution in [-0.2, 0) is 12.8 Å². The van der Waals surface area contributed by atoms with Crippen molar-refractivity contribution in [3.05, 3.63) is 70.7 Å². The molecule has 2 aromatic carbocycles.